The van der Waals surface area contributed by atoms with Crippen LogP contribution < -0.4 is 4.74 Å². The molecule has 0 aliphatic heterocycles. The van der Waals surface area contributed by atoms with Crippen LogP contribution in [-0.4, -0.2) is 27.1 Å². The molecule has 112 valence electrons. The third-order valence-corrected chi connectivity index (χ3v) is 3.26. The van der Waals surface area contributed by atoms with Gasteiger partial charge in [-0.1, -0.05) is 17.3 Å². The average molecular weight is 287 g/mol. The van der Waals surface area contributed by atoms with Crippen molar-refractivity contribution in [2.75, 3.05) is 6.61 Å². The maximum atomic E-state index is 8.61. The maximum absolute atomic E-state index is 8.61. The number of ether oxygens (including phenoxy) is 1. The van der Waals surface area contributed by atoms with Crippen LogP contribution >= 0.6 is 0 Å². The third kappa shape index (κ3) is 5.30. The summed E-state index contributed by atoms with van der Waals surface area (Å²) < 4.78 is 7.75. The predicted molar refractivity (Wildman–Crippen MR) is 82.0 cm³/mol. The second-order valence-corrected chi connectivity index (χ2v) is 4.98. The van der Waals surface area contributed by atoms with Crippen molar-refractivity contribution in [3.05, 3.63) is 48.5 Å². The standard InChI is InChI=1S/C16H21N3O2/c1-14(18-20)3-4-15-5-7-16(8-6-15)21-12-2-10-19-11-9-17-13-19/h5-9,11,13,20H,2-4,10,12H2,1H3. The van der Waals surface area contributed by atoms with Gasteiger partial charge in [-0.05, 0) is 43.9 Å². The van der Waals surface area contributed by atoms with Gasteiger partial charge in [0.25, 0.3) is 0 Å². The van der Waals surface area contributed by atoms with Gasteiger partial charge in [0.05, 0.1) is 18.6 Å². The summed E-state index contributed by atoms with van der Waals surface area (Å²) in [7, 11) is 0. The van der Waals surface area contributed by atoms with Gasteiger partial charge in [0.2, 0.25) is 0 Å². The minimum Gasteiger partial charge on any atom is -0.494 e. The van der Waals surface area contributed by atoms with Crippen molar-refractivity contribution in [1.82, 2.24) is 9.55 Å². The second-order valence-electron chi connectivity index (χ2n) is 4.98. The Morgan fingerprint density at radius 2 is 2.14 bits per heavy atom. The number of hydrogen-bond donors (Lipinski definition) is 1. The zero-order valence-electron chi connectivity index (χ0n) is 12.3. The first kappa shape index (κ1) is 15.1. The van der Waals surface area contributed by atoms with Crippen molar-refractivity contribution in [2.45, 2.75) is 32.7 Å². The molecule has 0 aliphatic rings. The van der Waals surface area contributed by atoms with Crippen LogP contribution in [0.2, 0.25) is 0 Å². The molecule has 21 heavy (non-hydrogen) atoms. The van der Waals surface area contributed by atoms with E-state index in [1.807, 2.05) is 36.1 Å². The van der Waals surface area contributed by atoms with Crippen molar-refractivity contribution in [1.29, 1.82) is 0 Å². The Morgan fingerprint density at radius 3 is 2.81 bits per heavy atom. The van der Waals surface area contributed by atoms with E-state index in [0.29, 0.717) is 6.61 Å². The lowest BCUT2D eigenvalue weighted by Gasteiger charge is -2.07. The topological polar surface area (TPSA) is 59.6 Å². The van der Waals surface area contributed by atoms with Crippen LogP contribution in [0.1, 0.15) is 25.3 Å². The van der Waals surface area contributed by atoms with Crippen molar-refractivity contribution >= 4 is 5.71 Å². The Kier molecular flexibility index (Phi) is 5.82. The number of imidazole rings is 1. The van der Waals surface area contributed by atoms with Gasteiger partial charge in [0.1, 0.15) is 5.75 Å². The van der Waals surface area contributed by atoms with E-state index < -0.39 is 0 Å². The normalized spacial score (nSPS) is 11.6. The molecule has 0 amide bonds. The monoisotopic (exact) mass is 287 g/mol. The minimum absolute atomic E-state index is 0.688. The fraction of sp³-hybridized carbons (Fsp3) is 0.375. The number of aromatic nitrogens is 2. The van der Waals surface area contributed by atoms with Crippen LogP contribution in [0.15, 0.2) is 48.1 Å². The molecule has 0 radical (unpaired) electrons. The van der Waals surface area contributed by atoms with Crippen LogP contribution in [-0.2, 0) is 13.0 Å². The van der Waals surface area contributed by atoms with Gasteiger partial charge in [-0.25, -0.2) is 4.98 Å². The number of benzene rings is 1. The molecule has 1 N–H and O–H groups in total. The van der Waals surface area contributed by atoms with Gasteiger partial charge in [-0.2, -0.15) is 0 Å². The van der Waals surface area contributed by atoms with Gasteiger partial charge in [0, 0.05) is 18.9 Å². The quantitative estimate of drug-likeness (QED) is 0.351. The highest BCUT2D eigenvalue weighted by Gasteiger charge is 1.98. The van der Waals surface area contributed by atoms with Crippen LogP contribution in [0.3, 0.4) is 0 Å². The Hall–Kier alpha value is -2.30. The molecule has 1 aromatic heterocycles. The van der Waals surface area contributed by atoms with Crippen LogP contribution in [0.25, 0.3) is 0 Å². The summed E-state index contributed by atoms with van der Waals surface area (Å²) in [6.07, 6.45) is 8.13. The molecular formula is C16H21N3O2. The number of rotatable bonds is 8. The van der Waals surface area contributed by atoms with E-state index in [1.165, 1.54) is 5.56 Å². The molecule has 0 saturated heterocycles. The highest BCUT2D eigenvalue weighted by molar-refractivity contribution is 5.81. The van der Waals surface area contributed by atoms with Crippen LogP contribution in [0, 0.1) is 0 Å². The van der Waals surface area contributed by atoms with Crippen molar-refractivity contribution in [2.24, 2.45) is 5.16 Å². The van der Waals surface area contributed by atoms with E-state index in [0.717, 1.165) is 37.3 Å². The molecule has 5 nitrogen and oxygen atoms in total. The summed E-state index contributed by atoms with van der Waals surface area (Å²) in [6, 6.07) is 8.07. The van der Waals surface area contributed by atoms with Gasteiger partial charge >= 0.3 is 0 Å². The van der Waals surface area contributed by atoms with Crippen LogP contribution in [0.5, 0.6) is 5.75 Å². The van der Waals surface area contributed by atoms with Gasteiger partial charge in [-0.15, -0.1) is 0 Å². The van der Waals surface area contributed by atoms with E-state index in [9.17, 15) is 0 Å². The summed E-state index contributed by atoms with van der Waals surface area (Å²) in [4.78, 5) is 4.00. The summed E-state index contributed by atoms with van der Waals surface area (Å²) >= 11 is 0. The molecule has 2 aromatic rings. The summed E-state index contributed by atoms with van der Waals surface area (Å²) in [5.41, 5.74) is 1.96. The molecule has 0 aliphatic carbocycles. The first-order valence-corrected chi connectivity index (χ1v) is 7.13. The zero-order chi connectivity index (χ0) is 14.9. The van der Waals surface area contributed by atoms with Crippen LogP contribution in [0.4, 0.5) is 0 Å². The van der Waals surface area contributed by atoms with E-state index >= 15 is 0 Å². The van der Waals surface area contributed by atoms with E-state index in [1.54, 1.807) is 6.20 Å². The lowest BCUT2D eigenvalue weighted by atomic mass is 10.1. The number of hydrogen-bond acceptors (Lipinski definition) is 4. The maximum Gasteiger partial charge on any atom is 0.119 e. The van der Waals surface area contributed by atoms with E-state index in [4.69, 9.17) is 9.94 Å². The van der Waals surface area contributed by atoms with Gasteiger partial charge < -0.3 is 14.5 Å². The predicted octanol–water partition coefficient (Wildman–Crippen LogP) is 3.13. The lowest BCUT2D eigenvalue weighted by Crippen LogP contribution is -2.03. The molecule has 0 atom stereocenters. The second kappa shape index (κ2) is 8.09. The average Bonchev–Trinajstić information content (AvgIpc) is 3.03. The van der Waals surface area contributed by atoms with Crippen molar-refractivity contribution < 1.29 is 9.94 Å². The first-order chi connectivity index (χ1) is 10.3. The number of nitrogens with zero attached hydrogens (tertiary/aromatic N) is 3. The summed E-state index contributed by atoms with van der Waals surface area (Å²) in [5.74, 6) is 0.886. The number of aryl methyl sites for hydroxylation is 2. The molecule has 2 rings (SSSR count). The molecule has 0 bridgehead atoms. The Bertz CT molecular complexity index is 547. The molecule has 0 saturated carbocycles. The summed E-state index contributed by atoms with van der Waals surface area (Å²) in [5, 5.41) is 11.8. The van der Waals surface area contributed by atoms with Crippen molar-refractivity contribution in [3.8, 4) is 5.75 Å². The number of oxime groups is 1. The highest BCUT2D eigenvalue weighted by atomic mass is 16.5. The SMILES string of the molecule is CC(CCc1ccc(OCCCn2ccnc2)cc1)=NO. The fourth-order valence-electron chi connectivity index (χ4n) is 1.98. The fourth-order valence-corrected chi connectivity index (χ4v) is 1.98. The minimum atomic E-state index is 0.688. The Labute approximate surface area is 124 Å². The molecule has 1 aromatic carbocycles. The van der Waals surface area contributed by atoms with E-state index in [2.05, 4.69) is 22.3 Å². The molecule has 5 heteroatoms. The Balaban J connectivity index is 1.69. The molecule has 0 spiro atoms. The molecular weight excluding hydrogens is 266 g/mol. The molecule has 0 unspecified atom stereocenters. The lowest BCUT2D eigenvalue weighted by molar-refractivity contribution is 0.301. The van der Waals surface area contributed by atoms with Gasteiger partial charge in [-0.3, -0.25) is 0 Å². The van der Waals surface area contributed by atoms with Crippen molar-refractivity contribution in [3.63, 3.8) is 0 Å². The third-order valence-electron chi connectivity index (χ3n) is 3.26. The largest absolute Gasteiger partial charge is 0.494 e. The summed E-state index contributed by atoms with van der Waals surface area (Å²) in [6.45, 7) is 3.42. The van der Waals surface area contributed by atoms with Gasteiger partial charge in [0.15, 0.2) is 0 Å². The first-order valence-electron chi connectivity index (χ1n) is 7.13. The molecule has 0 fully saturated rings. The molecule has 1 heterocycles. The Morgan fingerprint density at radius 1 is 1.33 bits per heavy atom. The smallest absolute Gasteiger partial charge is 0.119 e. The van der Waals surface area contributed by atoms with E-state index in [-0.39, 0.29) is 0 Å². The highest BCUT2D eigenvalue weighted by Crippen LogP contribution is 2.14. The zero-order valence-corrected chi connectivity index (χ0v) is 12.3.